The molecule has 0 aliphatic heterocycles. The van der Waals surface area contributed by atoms with E-state index < -0.39 is 5.31 Å². The van der Waals surface area contributed by atoms with Crippen molar-refractivity contribution in [2.75, 3.05) is 20.8 Å². The number of rotatable bonds is 9. The summed E-state index contributed by atoms with van der Waals surface area (Å²) in [6.07, 6.45) is 0.917. The summed E-state index contributed by atoms with van der Waals surface area (Å²) in [6.45, 7) is 21.5. The number of hydrogen-bond acceptors (Lipinski definition) is 4. The molecule has 1 aromatic carbocycles. The van der Waals surface area contributed by atoms with Crippen LogP contribution in [0.25, 0.3) is 0 Å². The zero-order valence-electron chi connectivity index (χ0n) is 21.4. The Hall–Kier alpha value is -0.133. The Morgan fingerprint density at radius 3 is 1.84 bits per heavy atom. The van der Waals surface area contributed by atoms with Crippen molar-refractivity contribution in [3.05, 3.63) is 18.2 Å². The Morgan fingerprint density at radius 1 is 0.935 bits per heavy atom. The molecule has 31 heavy (non-hydrogen) atoms. The number of phenolic OH excluding ortho intramolecular Hbond substituents is 1. The fraction of sp³-hybridized carbons (Fsp3) is 0.750. The van der Waals surface area contributed by atoms with Crippen LogP contribution in [0.4, 0.5) is 0 Å². The van der Waals surface area contributed by atoms with Crippen LogP contribution in [0, 0.1) is 0 Å². The fourth-order valence-corrected chi connectivity index (χ4v) is 16.7. The first-order chi connectivity index (χ1) is 14.0. The van der Waals surface area contributed by atoms with Gasteiger partial charge in [-0.2, -0.15) is 0 Å². The van der Waals surface area contributed by atoms with Gasteiger partial charge < -0.3 is 0 Å². The molecule has 0 unspecified atom stereocenters. The quantitative estimate of drug-likeness (QED) is 0.165. The zero-order valence-corrected chi connectivity index (χ0v) is 24.9. The van der Waals surface area contributed by atoms with Gasteiger partial charge in [-0.1, -0.05) is 0 Å². The Kier molecular flexibility index (Phi) is 9.33. The maximum atomic E-state index is 10.6. The van der Waals surface area contributed by atoms with Gasteiger partial charge in [0.05, 0.1) is 0 Å². The van der Waals surface area contributed by atoms with E-state index in [4.69, 9.17) is 14.2 Å². The van der Waals surface area contributed by atoms with Crippen LogP contribution in [0.2, 0.25) is 6.04 Å². The van der Waals surface area contributed by atoms with Crippen LogP contribution >= 0.6 is 20.8 Å². The molecule has 0 bridgehead atoms. The minimum absolute atomic E-state index is 0.0838. The molecule has 0 atom stereocenters. The summed E-state index contributed by atoms with van der Waals surface area (Å²) in [6, 6.07) is 6.59. The van der Waals surface area contributed by atoms with Crippen molar-refractivity contribution in [2.45, 2.75) is 96.2 Å². The predicted molar refractivity (Wildman–Crippen MR) is 141 cm³/mol. The van der Waals surface area contributed by atoms with Crippen LogP contribution < -0.4 is 10.0 Å². The van der Waals surface area contributed by atoms with Crippen molar-refractivity contribution in [3.8, 4) is 11.5 Å². The predicted octanol–water partition coefficient (Wildman–Crippen LogP) is 6.74. The molecule has 0 heterocycles. The van der Waals surface area contributed by atoms with Gasteiger partial charge in [0.15, 0.2) is 0 Å². The molecule has 180 valence electrons. The van der Waals surface area contributed by atoms with Crippen LogP contribution in [0.3, 0.4) is 0 Å². The third-order valence-electron chi connectivity index (χ3n) is 6.49. The zero-order chi connectivity index (χ0) is 24.3. The first-order valence-corrected chi connectivity index (χ1v) is 16.5. The first kappa shape index (κ1) is 28.9. The Morgan fingerprint density at radius 2 is 1.42 bits per heavy atom. The van der Waals surface area contributed by atoms with Gasteiger partial charge >= 0.3 is 202 Å². The van der Waals surface area contributed by atoms with E-state index in [1.54, 1.807) is 20.3 Å². The van der Waals surface area contributed by atoms with Gasteiger partial charge in [-0.15, -0.1) is 0 Å². The van der Waals surface area contributed by atoms with E-state index in [0.717, 1.165) is 23.5 Å². The van der Waals surface area contributed by atoms with Crippen molar-refractivity contribution in [3.63, 3.8) is 0 Å². The summed E-state index contributed by atoms with van der Waals surface area (Å²) in [4.78, 5) is 0. The maximum absolute atomic E-state index is 10.6. The first-order valence-electron chi connectivity index (χ1n) is 10.9. The monoisotopic (exact) mass is 534 g/mol. The topological polar surface area (TPSA) is 47.9 Å². The van der Waals surface area contributed by atoms with E-state index in [2.05, 4.69) is 77.8 Å². The van der Waals surface area contributed by atoms with Crippen molar-refractivity contribution in [1.29, 1.82) is 0 Å². The third-order valence-corrected chi connectivity index (χ3v) is 27.5. The Balaban J connectivity index is 3.49. The van der Waals surface area contributed by atoms with Gasteiger partial charge in [0, 0.05) is 0 Å². The van der Waals surface area contributed by atoms with Crippen LogP contribution in [0.15, 0.2) is 18.2 Å². The van der Waals surface area contributed by atoms with Crippen molar-refractivity contribution >= 4 is 35.6 Å². The Labute approximate surface area is 201 Å². The van der Waals surface area contributed by atoms with Crippen LogP contribution in [-0.2, 0) is 9.47 Å². The third kappa shape index (κ3) is 4.89. The molecule has 2 radical (unpaired) electrons. The molecule has 1 aromatic rings. The molecule has 0 aromatic heterocycles. The summed E-state index contributed by atoms with van der Waals surface area (Å²) in [5.74, 6) is 1.00. The van der Waals surface area contributed by atoms with Gasteiger partial charge in [-0.3, -0.25) is 0 Å². The molecular formula is C24H44BrO4PSi. The number of aromatic hydroxyl groups is 1. The summed E-state index contributed by atoms with van der Waals surface area (Å²) in [5.41, 5.74) is 0. The Bertz CT molecular complexity index is 692. The van der Waals surface area contributed by atoms with Gasteiger partial charge in [0.1, 0.15) is 0 Å². The number of ether oxygens (including phenoxy) is 3. The van der Waals surface area contributed by atoms with Gasteiger partial charge in [-0.05, 0) is 0 Å². The molecule has 0 fully saturated rings. The van der Waals surface area contributed by atoms with E-state index in [1.807, 2.05) is 12.1 Å². The molecular weight excluding hydrogens is 491 g/mol. The van der Waals surface area contributed by atoms with Gasteiger partial charge in [0.2, 0.25) is 0 Å². The van der Waals surface area contributed by atoms with Crippen LogP contribution in [0.1, 0.15) is 68.7 Å². The summed E-state index contributed by atoms with van der Waals surface area (Å²) in [7, 11) is 3.92. The van der Waals surface area contributed by atoms with E-state index in [0.29, 0.717) is 16.1 Å². The van der Waals surface area contributed by atoms with Gasteiger partial charge in [0.25, 0.3) is 0 Å². The second-order valence-corrected chi connectivity index (χ2v) is 23.3. The van der Waals surface area contributed by atoms with Crippen molar-refractivity contribution in [1.82, 2.24) is 0 Å². The second-order valence-electron chi connectivity index (χ2n) is 11.1. The van der Waals surface area contributed by atoms with Gasteiger partial charge in [-0.25, -0.2) is 0 Å². The summed E-state index contributed by atoms with van der Waals surface area (Å²) < 4.78 is 17.0. The molecule has 4 nitrogen and oxygen atoms in total. The average molecular weight is 536 g/mol. The normalized spacial score (nSPS) is 15.1. The molecule has 1 N–H and O–H groups in total. The molecule has 0 aliphatic rings. The molecule has 0 saturated carbocycles. The molecule has 1 rings (SSSR count). The van der Waals surface area contributed by atoms with Crippen molar-refractivity contribution in [2.24, 2.45) is 0 Å². The van der Waals surface area contributed by atoms with E-state index in [1.165, 1.54) is 0 Å². The van der Waals surface area contributed by atoms with E-state index >= 15 is 0 Å². The molecule has 0 aliphatic carbocycles. The van der Waals surface area contributed by atoms with Crippen LogP contribution in [0.5, 0.6) is 11.5 Å². The number of phenols is 1. The average Bonchev–Trinajstić information content (AvgIpc) is 2.62. The summed E-state index contributed by atoms with van der Waals surface area (Å²) >= 11 is 4.52. The molecule has 0 amide bonds. The number of halogens is 1. The molecule has 7 heteroatoms. The fourth-order valence-electron chi connectivity index (χ4n) is 5.80. The number of methoxy groups -OCH3 is 2. The second kappa shape index (κ2) is 10.0. The van der Waals surface area contributed by atoms with E-state index in [9.17, 15) is 5.11 Å². The van der Waals surface area contributed by atoms with Crippen LogP contribution in [-0.4, -0.2) is 56.8 Å². The number of hydrogen-bond donors (Lipinski definition) is 1. The number of benzene rings is 1. The minimum atomic E-state index is -2.98. The standard InChI is InChI=1S/C24H44BrO4PSi/c1-22(2,3)30(25,23(4,5)6,24(7,8)9)20-17-18(26)13-14-19(20)29-15-12-16-31-21(27-10)28-11/h13-14,17,21,26H,12,15-16H2,1-11H3. The molecule has 0 saturated heterocycles. The SMILES string of the molecule is COC(OC)[Si]CCCOc1ccc(O)cc1P(Br)(C(C)(C)C)(C(C)(C)C)C(C)(C)C. The van der Waals surface area contributed by atoms with E-state index in [-0.39, 0.29) is 27.1 Å². The summed E-state index contributed by atoms with van der Waals surface area (Å²) in [5, 5.41) is 8.44. The molecule has 0 spiro atoms. The van der Waals surface area contributed by atoms with Crippen molar-refractivity contribution < 1.29 is 19.3 Å².